The Bertz CT molecular complexity index is 373. The lowest BCUT2D eigenvalue weighted by atomic mass is 10.1. The Hall–Kier alpha value is -1.35. The summed E-state index contributed by atoms with van der Waals surface area (Å²) in [5.74, 6) is 0.435. The van der Waals surface area contributed by atoms with Crippen molar-refractivity contribution in [3.63, 3.8) is 0 Å². The highest BCUT2D eigenvalue weighted by Crippen LogP contribution is 2.09. The molecule has 0 fully saturated rings. The summed E-state index contributed by atoms with van der Waals surface area (Å²) in [6, 6.07) is 7.87. The van der Waals surface area contributed by atoms with Crippen LogP contribution in [0, 0.1) is 5.92 Å². The molecular formula is C15H24N2O. The molecule has 0 saturated heterocycles. The molecule has 0 aromatic heterocycles. The van der Waals surface area contributed by atoms with Crippen LogP contribution in [0.5, 0.6) is 0 Å². The van der Waals surface area contributed by atoms with Crippen LogP contribution in [0.1, 0.15) is 36.7 Å². The van der Waals surface area contributed by atoms with Gasteiger partial charge < -0.3 is 10.6 Å². The van der Waals surface area contributed by atoms with E-state index in [9.17, 15) is 4.79 Å². The smallest absolute Gasteiger partial charge is 0.253 e. The summed E-state index contributed by atoms with van der Waals surface area (Å²) in [4.78, 5) is 14.2. The molecule has 0 heterocycles. The van der Waals surface area contributed by atoms with Crippen molar-refractivity contribution in [3.8, 4) is 0 Å². The van der Waals surface area contributed by atoms with Crippen molar-refractivity contribution in [2.45, 2.75) is 27.2 Å². The van der Waals surface area contributed by atoms with E-state index in [0.29, 0.717) is 12.5 Å². The van der Waals surface area contributed by atoms with Crippen LogP contribution < -0.4 is 5.73 Å². The summed E-state index contributed by atoms with van der Waals surface area (Å²) in [7, 11) is 0. The average Bonchev–Trinajstić information content (AvgIpc) is 2.43. The van der Waals surface area contributed by atoms with E-state index in [0.717, 1.165) is 25.1 Å². The normalized spacial score (nSPS) is 12.2. The SMILES string of the molecule is CCc1ccc(C(=O)N(CC)CC(C)CN)cc1. The third kappa shape index (κ3) is 3.84. The van der Waals surface area contributed by atoms with E-state index in [2.05, 4.69) is 13.8 Å². The molecular weight excluding hydrogens is 224 g/mol. The van der Waals surface area contributed by atoms with Crippen molar-refractivity contribution in [2.24, 2.45) is 11.7 Å². The van der Waals surface area contributed by atoms with Gasteiger partial charge in [0.2, 0.25) is 0 Å². The van der Waals surface area contributed by atoms with E-state index in [4.69, 9.17) is 5.73 Å². The Kier molecular flexibility index (Phi) is 5.86. The standard InChI is InChI=1S/C15H24N2O/c1-4-13-6-8-14(9-7-13)15(18)17(5-2)11-12(3)10-16/h6-9,12H,4-5,10-11,16H2,1-3H3. The molecule has 0 spiro atoms. The van der Waals surface area contributed by atoms with Gasteiger partial charge in [-0.2, -0.15) is 0 Å². The fraction of sp³-hybridized carbons (Fsp3) is 0.533. The number of rotatable bonds is 6. The molecule has 18 heavy (non-hydrogen) atoms. The maximum absolute atomic E-state index is 12.3. The van der Waals surface area contributed by atoms with Crippen molar-refractivity contribution in [2.75, 3.05) is 19.6 Å². The average molecular weight is 248 g/mol. The Balaban J connectivity index is 2.76. The van der Waals surface area contributed by atoms with Crippen molar-refractivity contribution in [1.29, 1.82) is 0 Å². The van der Waals surface area contributed by atoms with Gasteiger partial charge in [-0.25, -0.2) is 0 Å². The van der Waals surface area contributed by atoms with Gasteiger partial charge >= 0.3 is 0 Å². The lowest BCUT2D eigenvalue weighted by Crippen LogP contribution is -2.36. The molecule has 1 aromatic carbocycles. The van der Waals surface area contributed by atoms with Gasteiger partial charge in [0.25, 0.3) is 5.91 Å². The van der Waals surface area contributed by atoms with E-state index in [1.807, 2.05) is 36.1 Å². The zero-order chi connectivity index (χ0) is 13.5. The molecule has 1 unspecified atom stereocenters. The maximum Gasteiger partial charge on any atom is 0.253 e. The second-order valence-electron chi connectivity index (χ2n) is 4.74. The molecule has 0 radical (unpaired) electrons. The van der Waals surface area contributed by atoms with E-state index in [-0.39, 0.29) is 5.91 Å². The topological polar surface area (TPSA) is 46.3 Å². The number of amides is 1. The predicted molar refractivity (Wildman–Crippen MR) is 75.6 cm³/mol. The van der Waals surface area contributed by atoms with Gasteiger partial charge in [-0.3, -0.25) is 4.79 Å². The minimum Gasteiger partial charge on any atom is -0.339 e. The van der Waals surface area contributed by atoms with Gasteiger partial charge in [-0.05, 0) is 43.5 Å². The van der Waals surface area contributed by atoms with Gasteiger partial charge in [-0.1, -0.05) is 26.0 Å². The van der Waals surface area contributed by atoms with Crippen molar-refractivity contribution in [1.82, 2.24) is 4.90 Å². The minimum atomic E-state index is 0.0976. The van der Waals surface area contributed by atoms with Gasteiger partial charge in [0.1, 0.15) is 0 Å². The number of carbonyl (C=O) groups is 1. The summed E-state index contributed by atoms with van der Waals surface area (Å²) in [5, 5.41) is 0. The molecule has 1 rings (SSSR count). The molecule has 0 aliphatic rings. The Labute approximate surface area is 110 Å². The van der Waals surface area contributed by atoms with Crippen molar-refractivity contribution >= 4 is 5.91 Å². The van der Waals surface area contributed by atoms with Crippen LogP contribution in [0.4, 0.5) is 0 Å². The molecule has 3 heteroatoms. The van der Waals surface area contributed by atoms with Crippen LogP contribution >= 0.6 is 0 Å². The summed E-state index contributed by atoms with van der Waals surface area (Å²) in [5.41, 5.74) is 7.63. The number of nitrogens with two attached hydrogens (primary N) is 1. The molecule has 1 aromatic rings. The molecule has 100 valence electrons. The number of aryl methyl sites for hydroxylation is 1. The molecule has 0 aliphatic carbocycles. The monoisotopic (exact) mass is 248 g/mol. The van der Waals surface area contributed by atoms with Crippen LogP contribution in [-0.2, 0) is 6.42 Å². The highest BCUT2D eigenvalue weighted by Gasteiger charge is 2.15. The minimum absolute atomic E-state index is 0.0976. The first kappa shape index (κ1) is 14.7. The first-order valence-electron chi connectivity index (χ1n) is 6.70. The van der Waals surface area contributed by atoms with Crippen LogP contribution in [-0.4, -0.2) is 30.4 Å². The molecule has 2 N–H and O–H groups in total. The third-order valence-electron chi connectivity index (χ3n) is 3.21. The molecule has 0 aliphatic heterocycles. The van der Waals surface area contributed by atoms with Gasteiger partial charge in [0, 0.05) is 18.7 Å². The molecule has 0 bridgehead atoms. The van der Waals surface area contributed by atoms with Gasteiger partial charge in [0.05, 0.1) is 0 Å². The summed E-state index contributed by atoms with van der Waals surface area (Å²) >= 11 is 0. The molecule has 1 atom stereocenters. The van der Waals surface area contributed by atoms with Crippen LogP contribution in [0.3, 0.4) is 0 Å². The van der Waals surface area contributed by atoms with Crippen molar-refractivity contribution in [3.05, 3.63) is 35.4 Å². The summed E-state index contributed by atoms with van der Waals surface area (Å²) in [6.45, 7) is 8.23. The van der Waals surface area contributed by atoms with Gasteiger partial charge in [0.15, 0.2) is 0 Å². The van der Waals surface area contributed by atoms with Crippen LogP contribution in [0.25, 0.3) is 0 Å². The van der Waals surface area contributed by atoms with E-state index >= 15 is 0 Å². The Morgan fingerprint density at radius 3 is 2.33 bits per heavy atom. The second-order valence-corrected chi connectivity index (χ2v) is 4.74. The highest BCUT2D eigenvalue weighted by atomic mass is 16.2. The molecule has 1 amide bonds. The van der Waals surface area contributed by atoms with Crippen molar-refractivity contribution < 1.29 is 4.79 Å². The zero-order valence-electron chi connectivity index (χ0n) is 11.6. The van der Waals surface area contributed by atoms with Gasteiger partial charge in [-0.15, -0.1) is 0 Å². The number of hydrogen-bond acceptors (Lipinski definition) is 2. The first-order chi connectivity index (χ1) is 8.62. The summed E-state index contributed by atoms with van der Waals surface area (Å²) < 4.78 is 0. The number of hydrogen-bond donors (Lipinski definition) is 1. The third-order valence-corrected chi connectivity index (χ3v) is 3.21. The highest BCUT2D eigenvalue weighted by molar-refractivity contribution is 5.94. The van der Waals surface area contributed by atoms with Crippen LogP contribution in [0.2, 0.25) is 0 Å². The quantitative estimate of drug-likeness (QED) is 0.839. The number of nitrogens with zero attached hydrogens (tertiary/aromatic N) is 1. The van der Waals surface area contributed by atoms with E-state index in [1.54, 1.807) is 0 Å². The fourth-order valence-electron chi connectivity index (χ4n) is 1.87. The van der Waals surface area contributed by atoms with E-state index in [1.165, 1.54) is 5.56 Å². The van der Waals surface area contributed by atoms with E-state index < -0.39 is 0 Å². The lowest BCUT2D eigenvalue weighted by Gasteiger charge is -2.24. The second kappa shape index (κ2) is 7.17. The predicted octanol–water partition coefficient (Wildman–Crippen LogP) is 2.31. The summed E-state index contributed by atoms with van der Waals surface area (Å²) in [6.07, 6.45) is 0.996. The molecule has 3 nitrogen and oxygen atoms in total. The van der Waals surface area contributed by atoms with Crippen LogP contribution in [0.15, 0.2) is 24.3 Å². The Morgan fingerprint density at radius 2 is 1.89 bits per heavy atom. The number of benzene rings is 1. The number of carbonyl (C=O) groups excluding carboxylic acids is 1. The molecule has 0 saturated carbocycles. The largest absolute Gasteiger partial charge is 0.339 e. The first-order valence-corrected chi connectivity index (χ1v) is 6.70. The maximum atomic E-state index is 12.3. The zero-order valence-corrected chi connectivity index (χ0v) is 11.6. The lowest BCUT2D eigenvalue weighted by molar-refractivity contribution is 0.0744. The fourth-order valence-corrected chi connectivity index (χ4v) is 1.87. The Morgan fingerprint density at radius 1 is 1.28 bits per heavy atom.